The minimum Gasteiger partial charge on any atom is -0.496 e. The first-order chi connectivity index (χ1) is 16.9. The number of aliphatic hydroxyl groups is 1. The summed E-state index contributed by atoms with van der Waals surface area (Å²) in [5, 5.41) is 21.4. The molecule has 1 aromatic carbocycles. The van der Waals surface area contributed by atoms with Crippen LogP contribution in [0.15, 0.2) is 47.7 Å². The highest BCUT2D eigenvalue weighted by molar-refractivity contribution is 6.01. The lowest BCUT2D eigenvalue weighted by Gasteiger charge is -2.33. The Bertz CT molecular complexity index is 1080. The van der Waals surface area contributed by atoms with Crippen LogP contribution in [-0.2, 0) is 17.8 Å². The van der Waals surface area contributed by atoms with E-state index < -0.39 is 5.60 Å². The average molecular weight is 496 g/mol. The molecule has 1 unspecified atom stereocenters. The average Bonchev–Trinajstić information content (AvgIpc) is 2.84. The molecule has 0 bridgehead atoms. The fourth-order valence-corrected chi connectivity index (χ4v) is 4.05. The van der Waals surface area contributed by atoms with Crippen LogP contribution in [0, 0.1) is 11.3 Å². The first kappa shape index (κ1) is 29.0. The number of benzene rings is 1. The van der Waals surface area contributed by atoms with Gasteiger partial charge in [-0.25, -0.2) is 0 Å². The van der Waals surface area contributed by atoms with E-state index in [1.807, 2.05) is 38.1 Å². The van der Waals surface area contributed by atoms with Gasteiger partial charge in [0.2, 0.25) is 0 Å². The molecule has 7 heteroatoms. The van der Waals surface area contributed by atoms with E-state index in [2.05, 4.69) is 12.2 Å². The van der Waals surface area contributed by atoms with Gasteiger partial charge >= 0.3 is 0 Å². The van der Waals surface area contributed by atoms with Gasteiger partial charge < -0.3 is 25.5 Å². The van der Waals surface area contributed by atoms with Crippen LogP contribution in [0.25, 0.3) is 0 Å². The molecule has 1 aromatic rings. The second-order valence-electron chi connectivity index (χ2n) is 9.81. The van der Waals surface area contributed by atoms with Crippen LogP contribution >= 0.6 is 0 Å². The number of methoxy groups -OCH3 is 1. The minimum absolute atomic E-state index is 0.184. The smallest absolute Gasteiger partial charge is 0.259 e. The van der Waals surface area contributed by atoms with Gasteiger partial charge in [-0.15, -0.1) is 0 Å². The molecular formula is C29H41N3O4. The van der Waals surface area contributed by atoms with Gasteiger partial charge in [-0.3, -0.25) is 9.59 Å². The summed E-state index contributed by atoms with van der Waals surface area (Å²) in [6.07, 6.45) is 9.97. The Morgan fingerprint density at radius 1 is 1.28 bits per heavy atom. The van der Waals surface area contributed by atoms with Crippen molar-refractivity contribution < 1.29 is 19.4 Å². The van der Waals surface area contributed by atoms with Gasteiger partial charge in [0, 0.05) is 24.5 Å². The highest BCUT2D eigenvalue weighted by Gasteiger charge is 2.32. The first-order valence-electron chi connectivity index (χ1n) is 12.6. The maximum atomic E-state index is 13.1. The number of nitrogens with zero attached hydrogens (tertiary/aromatic N) is 1. The van der Waals surface area contributed by atoms with E-state index in [-0.39, 0.29) is 17.7 Å². The quantitative estimate of drug-likeness (QED) is 0.316. The van der Waals surface area contributed by atoms with E-state index in [9.17, 15) is 14.7 Å². The third kappa shape index (κ3) is 7.40. The third-order valence-electron chi connectivity index (χ3n) is 6.36. The van der Waals surface area contributed by atoms with Crippen molar-refractivity contribution in [2.45, 2.75) is 73.0 Å². The van der Waals surface area contributed by atoms with Crippen molar-refractivity contribution in [2.24, 2.45) is 5.92 Å². The molecule has 196 valence electrons. The van der Waals surface area contributed by atoms with Crippen molar-refractivity contribution >= 4 is 17.5 Å². The highest BCUT2D eigenvalue weighted by Crippen LogP contribution is 2.29. The zero-order valence-corrected chi connectivity index (χ0v) is 22.7. The van der Waals surface area contributed by atoms with E-state index in [0.29, 0.717) is 42.2 Å². The van der Waals surface area contributed by atoms with Gasteiger partial charge in [0.15, 0.2) is 0 Å². The van der Waals surface area contributed by atoms with Crippen molar-refractivity contribution in [1.29, 1.82) is 5.41 Å². The summed E-state index contributed by atoms with van der Waals surface area (Å²) in [7, 11) is 1.53. The minimum atomic E-state index is -1.45. The molecule has 1 heterocycles. The van der Waals surface area contributed by atoms with Crippen molar-refractivity contribution in [2.75, 3.05) is 13.7 Å². The van der Waals surface area contributed by atoms with Crippen LogP contribution in [0.3, 0.4) is 0 Å². The van der Waals surface area contributed by atoms with E-state index in [4.69, 9.17) is 10.1 Å². The Morgan fingerprint density at radius 3 is 2.56 bits per heavy atom. The summed E-state index contributed by atoms with van der Waals surface area (Å²) in [5.74, 6) is 0.0215. The van der Waals surface area contributed by atoms with Crippen LogP contribution in [0.5, 0.6) is 5.75 Å². The number of carbonyl (C=O) groups is 2. The monoisotopic (exact) mass is 495 g/mol. The van der Waals surface area contributed by atoms with Gasteiger partial charge in [0.25, 0.3) is 11.8 Å². The fourth-order valence-electron chi connectivity index (χ4n) is 4.05. The molecule has 0 saturated carbocycles. The van der Waals surface area contributed by atoms with Crippen LogP contribution in [0.1, 0.15) is 75.9 Å². The Balaban J connectivity index is 2.21. The molecule has 0 aromatic heterocycles. The molecule has 0 saturated heterocycles. The molecule has 1 aliphatic rings. The largest absolute Gasteiger partial charge is 0.496 e. The SMILES string of the molecule is CC/C=C(/C=C\C=C(/C)NC(=O)c1cc2c(cc1OC)CCN(C(=O)C(C)(C)O)C2)C(=N)C(C)CC. The van der Waals surface area contributed by atoms with Gasteiger partial charge in [-0.2, -0.15) is 0 Å². The number of hydrogen-bond acceptors (Lipinski definition) is 5. The molecule has 2 amide bonds. The van der Waals surface area contributed by atoms with Gasteiger partial charge in [0.1, 0.15) is 11.4 Å². The van der Waals surface area contributed by atoms with Gasteiger partial charge in [0.05, 0.1) is 12.7 Å². The summed E-state index contributed by atoms with van der Waals surface area (Å²) in [4.78, 5) is 27.3. The predicted molar refractivity (Wildman–Crippen MR) is 144 cm³/mol. The molecule has 0 radical (unpaired) electrons. The molecule has 0 fully saturated rings. The molecule has 1 atom stereocenters. The molecule has 0 aliphatic carbocycles. The summed E-state index contributed by atoms with van der Waals surface area (Å²) in [5.41, 5.74) is 2.99. The third-order valence-corrected chi connectivity index (χ3v) is 6.36. The number of amides is 2. The van der Waals surface area contributed by atoms with Gasteiger partial charge in [-0.1, -0.05) is 39.0 Å². The molecule has 3 N–H and O–H groups in total. The molecule has 1 aliphatic heterocycles. The van der Waals surface area contributed by atoms with Crippen LogP contribution in [-0.4, -0.2) is 46.8 Å². The summed E-state index contributed by atoms with van der Waals surface area (Å²) in [6.45, 7) is 11.8. The summed E-state index contributed by atoms with van der Waals surface area (Å²) < 4.78 is 5.50. The number of hydrogen-bond donors (Lipinski definition) is 3. The Hall–Kier alpha value is -3.19. The Labute approximate surface area is 215 Å². The van der Waals surface area contributed by atoms with E-state index >= 15 is 0 Å². The van der Waals surface area contributed by atoms with Crippen molar-refractivity contribution in [3.8, 4) is 5.75 Å². The lowest BCUT2D eigenvalue weighted by Crippen LogP contribution is -2.47. The lowest BCUT2D eigenvalue weighted by atomic mass is 9.95. The normalized spacial score (nSPS) is 15.5. The second-order valence-corrected chi connectivity index (χ2v) is 9.81. The van der Waals surface area contributed by atoms with Crippen molar-refractivity contribution in [3.63, 3.8) is 0 Å². The molecule has 0 spiro atoms. The Morgan fingerprint density at radius 2 is 1.97 bits per heavy atom. The maximum absolute atomic E-state index is 13.1. The number of fused-ring (bicyclic) bond motifs is 1. The van der Waals surface area contributed by atoms with E-state index in [0.717, 1.165) is 29.5 Å². The Kier molecular flexibility index (Phi) is 10.2. The number of ether oxygens (including phenoxy) is 1. The number of allylic oxidation sites excluding steroid dienone is 6. The number of carbonyl (C=O) groups excluding carboxylic acids is 2. The van der Waals surface area contributed by atoms with Crippen LogP contribution in [0.2, 0.25) is 0 Å². The molecular weight excluding hydrogens is 454 g/mol. The molecule has 36 heavy (non-hydrogen) atoms. The number of nitrogens with one attached hydrogen (secondary N) is 2. The van der Waals surface area contributed by atoms with Crippen LogP contribution in [0.4, 0.5) is 0 Å². The standard InChI is InChI=1S/C29H41N3O4/c1-8-11-21(26(30)19(3)9-2)13-10-12-20(4)31-27(33)24-16-23-18-32(28(34)29(5,6)35)15-14-22(23)17-25(24)36-7/h10-13,16-17,19,30,35H,8-9,14-15,18H2,1-7H3,(H,31,33)/b13-10-,20-12+,21-11-,30-26?. The number of rotatable bonds is 10. The predicted octanol–water partition coefficient (Wildman–Crippen LogP) is 4.94. The topological polar surface area (TPSA) is 103 Å². The van der Waals surface area contributed by atoms with Crippen molar-refractivity contribution in [3.05, 3.63) is 64.4 Å². The first-order valence-corrected chi connectivity index (χ1v) is 12.6. The van der Waals surface area contributed by atoms with E-state index in [1.54, 1.807) is 24.0 Å². The highest BCUT2D eigenvalue weighted by atomic mass is 16.5. The van der Waals surface area contributed by atoms with Crippen molar-refractivity contribution in [1.82, 2.24) is 10.2 Å². The van der Waals surface area contributed by atoms with Crippen LogP contribution < -0.4 is 10.1 Å². The fraction of sp³-hybridized carbons (Fsp3) is 0.483. The second kappa shape index (κ2) is 12.7. The van der Waals surface area contributed by atoms with Gasteiger partial charge in [-0.05, 0) is 80.9 Å². The summed E-state index contributed by atoms with van der Waals surface area (Å²) in [6, 6.07) is 3.63. The van der Waals surface area contributed by atoms with E-state index in [1.165, 1.54) is 21.0 Å². The zero-order valence-electron chi connectivity index (χ0n) is 22.7. The molecule has 7 nitrogen and oxygen atoms in total. The summed E-state index contributed by atoms with van der Waals surface area (Å²) >= 11 is 0. The molecule has 2 rings (SSSR count). The maximum Gasteiger partial charge on any atom is 0.259 e. The lowest BCUT2D eigenvalue weighted by molar-refractivity contribution is -0.148. The zero-order chi connectivity index (χ0) is 27.0.